The van der Waals surface area contributed by atoms with E-state index in [0.717, 1.165) is 44.2 Å². The first-order chi connectivity index (χ1) is 11.3. The Morgan fingerprint density at radius 1 is 1.39 bits per heavy atom. The Morgan fingerprint density at radius 3 is 3.00 bits per heavy atom. The molecule has 2 aliphatic heterocycles. The minimum absolute atomic E-state index is 0.0435. The first-order valence-electron chi connectivity index (χ1n) is 8.43. The lowest BCUT2D eigenvalue weighted by Gasteiger charge is -2.35. The topological polar surface area (TPSA) is 63.9 Å². The second kappa shape index (κ2) is 7.79. The summed E-state index contributed by atoms with van der Waals surface area (Å²) in [7, 11) is 3.76. The van der Waals surface area contributed by atoms with E-state index < -0.39 is 0 Å². The van der Waals surface area contributed by atoms with Gasteiger partial charge in [-0.3, -0.25) is 9.67 Å². The first kappa shape index (κ1) is 16.3. The number of nitrogens with one attached hydrogen (secondary N) is 1. The predicted molar refractivity (Wildman–Crippen MR) is 88.4 cm³/mol. The van der Waals surface area contributed by atoms with Crippen molar-refractivity contribution >= 4 is 5.96 Å². The standard InChI is InChI=1S/C16H27N5O2/c1-17-16(18-10-14-5-3-4-7-22-14)21-6-8-23-15(12-21)13-9-19-20(2)11-13/h9,11,14-15H,3-8,10,12H2,1-2H3,(H,17,18). The van der Waals surface area contributed by atoms with Crippen LogP contribution in [0.2, 0.25) is 0 Å². The Labute approximate surface area is 137 Å². The summed E-state index contributed by atoms with van der Waals surface area (Å²) in [5.74, 6) is 0.927. The molecular weight excluding hydrogens is 294 g/mol. The van der Waals surface area contributed by atoms with Crippen molar-refractivity contribution in [3.05, 3.63) is 18.0 Å². The maximum absolute atomic E-state index is 5.89. The fourth-order valence-electron chi connectivity index (χ4n) is 3.16. The second-order valence-corrected chi connectivity index (χ2v) is 6.17. The smallest absolute Gasteiger partial charge is 0.193 e. The van der Waals surface area contributed by atoms with Crippen LogP contribution >= 0.6 is 0 Å². The van der Waals surface area contributed by atoms with E-state index in [2.05, 4.69) is 20.3 Å². The Kier molecular flexibility index (Phi) is 5.51. The zero-order valence-electron chi connectivity index (χ0n) is 14.1. The number of aliphatic imine (C=N–C) groups is 1. The van der Waals surface area contributed by atoms with Crippen molar-refractivity contribution in [1.82, 2.24) is 20.0 Å². The lowest BCUT2D eigenvalue weighted by atomic mass is 10.1. The van der Waals surface area contributed by atoms with Gasteiger partial charge in [0.25, 0.3) is 0 Å². The van der Waals surface area contributed by atoms with Crippen molar-refractivity contribution in [3.8, 4) is 0 Å². The normalized spacial score (nSPS) is 26.3. The van der Waals surface area contributed by atoms with Gasteiger partial charge in [0, 0.05) is 45.6 Å². The molecule has 0 bridgehead atoms. The highest BCUT2D eigenvalue weighted by Crippen LogP contribution is 2.21. The number of guanidine groups is 1. The zero-order chi connectivity index (χ0) is 16.1. The monoisotopic (exact) mass is 321 g/mol. The van der Waals surface area contributed by atoms with Crippen molar-refractivity contribution in [1.29, 1.82) is 0 Å². The molecule has 0 saturated carbocycles. The molecule has 0 spiro atoms. The van der Waals surface area contributed by atoms with Gasteiger partial charge in [-0.2, -0.15) is 5.10 Å². The Morgan fingerprint density at radius 2 is 2.30 bits per heavy atom. The summed E-state index contributed by atoms with van der Waals surface area (Å²) < 4.78 is 13.5. The molecule has 0 aliphatic carbocycles. The van der Waals surface area contributed by atoms with Crippen LogP contribution in [0.3, 0.4) is 0 Å². The fraction of sp³-hybridized carbons (Fsp3) is 0.750. The maximum atomic E-state index is 5.89. The van der Waals surface area contributed by atoms with E-state index in [1.165, 1.54) is 12.8 Å². The van der Waals surface area contributed by atoms with Gasteiger partial charge < -0.3 is 19.7 Å². The van der Waals surface area contributed by atoms with Crippen molar-refractivity contribution in [2.45, 2.75) is 31.5 Å². The molecule has 1 N–H and O–H groups in total. The third-order valence-electron chi connectivity index (χ3n) is 4.44. The fourth-order valence-corrected chi connectivity index (χ4v) is 3.16. The number of ether oxygens (including phenoxy) is 2. The molecule has 2 unspecified atom stereocenters. The van der Waals surface area contributed by atoms with Gasteiger partial charge >= 0.3 is 0 Å². The van der Waals surface area contributed by atoms with Crippen LogP contribution < -0.4 is 5.32 Å². The maximum Gasteiger partial charge on any atom is 0.193 e. The van der Waals surface area contributed by atoms with E-state index in [4.69, 9.17) is 9.47 Å². The number of hydrogen-bond donors (Lipinski definition) is 1. The van der Waals surface area contributed by atoms with Gasteiger partial charge in [0.2, 0.25) is 0 Å². The SMILES string of the molecule is CN=C(NCC1CCCCO1)N1CCOC(c2cnn(C)c2)C1. The third kappa shape index (κ3) is 4.23. The van der Waals surface area contributed by atoms with Crippen LogP contribution in [0.4, 0.5) is 0 Å². The number of aryl methyl sites for hydroxylation is 1. The number of rotatable bonds is 3. The Bertz CT molecular complexity index is 524. The lowest BCUT2D eigenvalue weighted by molar-refractivity contribution is -0.00923. The number of morpholine rings is 1. The van der Waals surface area contributed by atoms with E-state index in [1.54, 1.807) is 0 Å². The minimum atomic E-state index is 0.0435. The molecule has 1 aromatic rings. The highest BCUT2D eigenvalue weighted by Gasteiger charge is 2.25. The molecule has 23 heavy (non-hydrogen) atoms. The molecule has 128 valence electrons. The molecule has 7 nitrogen and oxygen atoms in total. The molecule has 2 saturated heterocycles. The summed E-state index contributed by atoms with van der Waals surface area (Å²) in [5.41, 5.74) is 1.11. The van der Waals surface area contributed by atoms with Crippen LogP contribution in [0.5, 0.6) is 0 Å². The Balaban J connectivity index is 1.55. The summed E-state index contributed by atoms with van der Waals surface area (Å²) >= 11 is 0. The van der Waals surface area contributed by atoms with Gasteiger partial charge in [-0.05, 0) is 19.3 Å². The summed E-state index contributed by atoms with van der Waals surface area (Å²) in [4.78, 5) is 6.68. The van der Waals surface area contributed by atoms with Crippen LogP contribution in [0, 0.1) is 0 Å². The molecule has 3 heterocycles. The van der Waals surface area contributed by atoms with Crippen LogP contribution in [0.25, 0.3) is 0 Å². The van der Waals surface area contributed by atoms with E-state index in [0.29, 0.717) is 12.7 Å². The summed E-state index contributed by atoms with van der Waals surface area (Å²) in [6.07, 6.45) is 7.80. The molecule has 2 fully saturated rings. The number of hydrogen-bond acceptors (Lipinski definition) is 4. The number of nitrogens with zero attached hydrogens (tertiary/aromatic N) is 4. The molecule has 2 aliphatic rings. The van der Waals surface area contributed by atoms with E-state index in [1.807, 2.05) is 31.2 Å². The highest BCUT2D eigenvalue weighted by atomic mass is 16.5. The van der Waals surface area contributed by atoms with Gasteiger partial charge in [-0.15, -0.1) is 0 Å². The van der Waals surface area contributed by atoms with Gasteiger partial charge in [0.05, 0.1) is 25.5 Å². The van der Waals surface area contributed by atoms with Crippen molar-refractivity contribution in [2.75, 3.05) is 39.9 Å². The van der Waals surface area contributed by atoms with Gasteiger partial charge in [0.1, 0.15) is 6.10 Å². The molecular formula is C16H27N5O2. The summed E-state index contributed by atoms with van der Waals surface area (Å²) in [6, 6.07) is 0. The zero-order valence-corrected chi connectivity index (χ0v) is 14.1. The summed E-state index contributed by atoms with van der Waals surface area (Å²) in [5, 5.41) is 7.70. The lowest BCUT2D eigenvalue weighted by Crippen LogP contribution is -2.50. The molecule has 1 aromatic heterocycles. The minimum Gasteiger partial charge on any atom is -0.376 e. The second-order valence-electron chi connectivity index (χ2n) is 6.17. The molecule has 0 aromatic carbocycles. The van der Waals surface area contributed by atoms with Gasteiger partial charge in [0.15, 0.2) is 5.96 Å². The van der Waals surface area contributed by atoms with Gasteiger partial charge in [-0.1, -0.05) is 0 Å². The molecule has 3 rings (SSSR count). The average molecular weight is 321 g/mol. The van der Waals surface area contributed by atoms with Crippen molar-refractivity contribution < 1.29 is 9.47 Å². The third-order valence-corrected chi connectivity index (χ3v) is 4.44. The average Bonchev–Trinajstić information content (AvgIpc) is 3.03. The van der Waals surface area contributed by atoms with Gasteiger partial charge in [-0.25, -0.2) is 0 Å². The summed E-state index contributed by atoms with van der Waals surface area (Å²) in [6.45, 7) is 4.03. The van der Waals surface area contributed by atoms with E-state index in [9.17, 15) is 0 Å². The Hall–Kier alpha value is -1.60. The van der Waals surface area contributed by atoms with Crippen LogP contribution in [0.15, 0.2) is 17.4 Å². The van der Waals surface area contributed by atoms with E-state index >= 15 is 0 Å². The van der Waals surface area contributed by atoms with Crippen molar-refractivity contribution in [3.63, 3.8) is 0 Å². The quantitative estimate of drug-likeness (QED) is 0.663. The number of aromatic nitrogens is 2. The molecule has 7 heteroatoms. The largest absolute Gasteiger partial charge is 0.376 e. The first-order valence-corrected chi connectivity index (χ1v) is 8.43. The predicted octanol–water partition coefficient (Wildman–Crippen LogP) is 0.938. The van der Waals surface area contributed by atoms with Crippen LogP contribution in [-0.4, -0.2) is 66.6 Å². The molecule has 0 radical (unpaired) electrons. The highest BCUT2D eigenvalue weighted by molar-refractivity contribution is 5.80. The van der Waals surface area contributed by atoms with Crippen LogP contribution in [-0.2, 0) is 16.5 Å². The van der Waals surface area contributed by atoms with E-state index in [-0.39, 0.29) is 6.10 Å². The van der Waals surface area contributed by atoms with Crippen LogP contribution in [0.1, 0.15) is 30.9 Å². The van der Waals surface area contributed by atoms with Crippen molar-refractivity contribution in [2.24, 2.45) is 12.0 Å². The molecule has 0 amide bonds. The molecule has 2 atom stereocenters.